The summed E-state index contributed by atoms with van der Waals surface area (Å²) in [5, 5.41) is 6.25. The largest absolute Gasteiger partial charge is 0.380 e. The van der Waals surface area contributed by atoms with E-state index in [1.54, 1.807) is 7.11 Å². The van der Waals surface area contributed by atoms with Crippen molar-refractivity contribution in [2.24, 2.45) is 0 Å². The van der Waals surface area contributed by atoms with Crippen LogP contribution in [0.3, 0.4) is 0 Å². The van der Waals surface area contributed by atoms with Crippen molar-refractivity contribution in [2.45, 2.75) is 39.3 Å². The molecule has 0 aliphatic rings. The SMILES string of the molecule is COCc1c(Br)cccc1NC(=O)CCCNC(C)C. The van der Waals surface area contributed by atoms with Crippen molar-refractivity contribution in [3.8, 4) is 0 Å². The molecule has 0 spiro atoms. The lowest BCUT2D eigenvalue weighted by Gasteiger charge is -2.12. The Kier molecular flexibility index (Phi) is 7.80. The van der Waals surface area contributed by atoms with Crippen molar-refractivity contribution in [1.82, 2.24) is 5.32 Å². The fraction of sp³-hybridized carbons (Fsp3) is 0.533. The maximum absolute atomic E-state index is 11.9. The van der Waals surface area contributed by atoms with Gasteiger partial charge in [0.1, 0.15) is 0 Å². The van der Waals surface area contributed by atoms with E-state index in [0.29, 0.717) is 19.1 Å². The van der Waals surface area contributed by atoms with Gasteiger partial charge in [-0.25, -0.2) is 0 Å². The Morgan fingerprint density at radius 1 is 1.40 bits per heavy atom. The first kappa shape index (κ1) is 17.1. The van der Waals surface area contributed by atoms with E-state index in [2.05, 4.69) is 40.4 Å². The van der Waals surface area contributed by atoms with Gasteiger partial charge in [-0.2, -0.15) is 0 Å². The summed E-state index contributed by atoms with van der Waals surface area (Å²) in [5.41, 5.74) is 1.77. The minimum Gasteiger partial charge on any atom is -0.380 e. The van der Waals surface area contributed by atoms with Crippen LogP contribution in [0.5, 0.6) is 0 Å². The van der Waals surface area contributed by atoms with Gasteiger partial charge in [0.05, 0.1) is 6.61 Å². The number of halogens is 1. The Hall–Kier alpha value is -0.910. The van der Waals surface area contributed by atoms with E-state index in [9.17, 15) is 4.79 Å². The van der Waals surface area contributed by atoms with Crippen molar-refractivity contribution >= 4 is 27.5 Å². The summed E-state index contributed by atoms with van der Waals surface area (Å²) in [6.07, 6.45) is 1.34. The van der Waals surface area contributed by atoms with Crippen LogP contribution in [0.25, 0.3) is 0 Å². The third kappa shape index (κ3) is 6.03. The van der Waals surface area contributed by atoms with Gasteiger partial charge in [0.15, 0.2) is 0 Å². The summed E-state index contributed by atoms with van der Waals surface area (Å²) in [6.45, 7) is 5.51. The van der Waals surface area contributed by atoms with Crippen LogP contribution in [0.1, 0.15) is 32.3 Å². The van der Waals surface area contributed by atoms with E-state index < -0.39 is 0 Å². The standard InChI is InChI=1S/C15H23BrN2O2/c1-11(2)17-9-5-8-15(19)18-14-7-4-6-13(16)12(14)10-20-3/h4,6-7,11,17H,5,8-10H2,1-3H3,(H,18,19). The number of nitrogens with one attached hydrogen (secondary N) is 2. The zero-order valence-corrected chi connectivity index (χ0v) is 13.9. The van der Waals surface area contributed by atoms with Crippen LogP contribution in [-0.4, -0.2) is 25.6 Å². The Morgan fingerprint density at radius 3 is 2.80 bits per heavy atom. The van der Waals surface area contributed by atoms with E-state index in [1.165, 1.54) is 0 Å². The Bertz CT molecular complexity index is 436. The molecule has 0 aliphatic heterocycles. The normalized spacial score (nSPS) is 10.8. The van der Waals surface area contributed by atoms with Crippen molar-refractivity contribution in [2.75, 3.05) is 19.0 Å². The average Bonchev–Trinajstić information content (AvgIpc) is 2.39. The predicted molar refractivity (Wildman–Crippen MR) is 85.9 cm³/mol. The molecule has 20 heavy (non-hydrogen) atoms. The number of methoxy groups -OCH3 is 1. The van der Waals surface area contributed by atoms with Crippen LogP contribution in [-0.2, 0) is 16.1 Å². The zero-order valence-electron chi connectivity index (χ0n) is 12.3. The summed E-state index contributed by atoms with van der Waals surface area (Å²) in [7, 11) is 1.64. The molecule has 0 saturated carbocycles. The first-order chi connectivity index (χ1) is 9.54. The van der Waals surface area contributed by atoms with Crippen LogP contribution < -0.4 is 10.6 Å². The van der Waals surface area contributed by atoms with Gasteiger partial charge in [0.25, 0.3) is 0 Å². The van der Waals surface area contributed by atoms with E-state index in [1.807, 2.05) is 18.2 Å². The minimum atomic E-state index is 0.0333. The molecular weight excluding hydrogens is 320 g/mol. The summed E-state index contributed by atoms with van der Waals surface area (Å²) in [5.74, 6) is 0.0333. The second kappa shape index (κ2) is 9.10. The molecule has 0 aliphatic carbocycles. The molecule has 0 fully saturated rings. The Morgan fingerprint density at radius 2 is 2.15 bits per heavy atom. The highest BCUT2D eigenvalue weighted by Crippen LogP contribution is 2.25. The summed E-state index contributed by atoms with van der Waals surface area (Å²) < 4.78 is 6.11. The summed E-state index contributed by atoms with van der Waals surface area (Å²) in [4.78, 5) is 11.9. The van der Waals surface area contributed by atoms with Gasteiger partial charge < -0.3 is 15.4 Å². The third-order valence-electron chi connectivity index (χ3n) is 2.81. The van der Waals surface area contributed by atoms with Crippen LogP contribution in [0.15, 0.2) is 22.7 Å². The highest BCUT2D eigenvalue weighted by atomic mass is 79.9. The molecule has 0 bridgehead atoms. The fourth-order valence-corrected chi connectivity index (χ4v) is 2.30. The molecular formula is C15H23BrN2O2. The van der Waals surface area contributed by atoms with Crippen molar-refractivity contribution in [3.63, 3.8) is 0 Å². The Balaban J connectivity index is 2.51. The van der Waals surface area contributed by atoms with E-state index in [4.69, 9.17) is 4.74 Å². The Labute approximate surface area is 129 Å². The van der Waals surface area contributed by atoms with Crippen LogP contribution in [0, 0.1) is 0 Å². The number of carbonyl (C=O) groups is 1. The second-order valence-electron chi connectivity index (χ2n) is 4.96. The molecule has 5 heteroatoms. The molecule has 1 aromatic rings. The first-order valence-electron chi connectivity index (χ1n) is 6.84. The molecule has 1 aromatic carbocycles. The molecule has 0 saturated heterocycles. The van der Waals surface area contributed by atoms with Gasteiger partial charge in [0.2, 0.25) is 5.91 Å². The van der Waals surface area contributed by atoms with Gasteiger partial charge >= 0.3 is 0 Å². The molecule has 4 nitrogen and oxygen atoms in total. The molecule has 0 atom stereocenters. The minimum absolute atomic E-state index is 0.0333. The summed E-state index contributed by atoms with van der Waals surface area (Å²) >= 11 is 3.48. The molecule has 0 radical (unpaired) electrons. The number of carbonyl (C=O) groups excluding carboxylic acids is 1. The topological polar surface area (TPSA) is 50.4 Å². The number of hydrogen-bond acceptors (Lipinski definition) is 3. The van der Waals surface area contributed by atoms with Crippen molar-refractivity contribution < 1.29 is 9.53 Å². The molecule has 2 N–H and O–H groups in total. The molecule has 112 valence electrons. The van der Waals surface area contributed by atoms with E-state index >= 15 is 0 Å². The number of rotatable bonds is 8. The van der Waals surface area contributed by atoms with Crippen molar-refractivity contribution in [3.05, 3.63) is 28.2 Å². The van der Waals surface area contributed by atoms with Crippen LogP contribution in [0.4, 0.5) is 5.69 Å². The quantitative estimate of drug-likeness (QED) is 0.712. The molecule has 1 amide bonds. The van der Waals surface area contributed by atoms with Gasteiger partial charge in [-0.05, 0) is 25.1 Å². The smallest absolute Gasteiger partial charge is 0.224 e. The molecule has 0 heterocycles. The van der Waals surface area contributed by atoms with Gasteiger partial charge in [-0.1, -0.05) is 35.8 Å². The summed E-state index contributed by atoms with van der Waals surface area (Å²) in [6, 6.07) is 6.19. The number of hydrogen-bond donors (Lipinski definition) is 2. The number of ether oxygens (including phenoxy) is 1. The van der Waals surface area contributed by atoms with Crippen molar-refractivity contribution in [1.29, 1.82) is 0 Å². The first-order valence-corrected chi connectivity index (χ1v) is 7.63. The number of anilines is 1. The van der Waals surface area contributed by atoms with E-state index in [0.717, 1.165) is 28.7 Å². The third-order valence-corrected chi connectivity index (χ3v) is 3.56. The van der Waals surface area contributed by atoms with E-state index in [-0.39, 0.29) is 5.91 Å². The molecule has 0 unspecified atom stereocenters. The zero-order chi connectivity index (χ0) is 15.0. The molecule has 0 aromatic heterocycles. The lowest BCUT2D eigenvalue weighted by atomic mass is 10.2. The highest BCUT2D eigenvalue weighted by molar-refractivity contribution is 9.10. The predicted octanol–water partition coefficient (Wildman–Crippen LogP) is 3.31. The monoisotopic (exact) mass is 342 g/mol. The maximum Gasteiger partial charge on any atom is 0.224 e. The van der Waals surface area contributed by atoms with Gasteiger partial charge in [0, 0.05) is 35.3 Å². The average molecular weight is 343 g/mol. The number of amides is 1. The second-order valence-corrected chi connectivity index (χ2v) is 5.81. The van der Waals surface area contributed by atoms with Crippen LogP contribution >= 0.6 is 15.9 Å². The molecule has 1 rings (SSSR count). The van der Waals surface area contributed by atoms with Crippen LogP contribution in [0.2, 0.25) is 0 Å². The number of benzene rings is 1. The highest BCUT2D eigenvalue weighted by Gasteiger charge is 2.09. The van der Waals surface area contributed by atoms with Gasteiger partial charge in [-0.3, -0.25) is 4.79 Å². The maximum atomic E-state index is 11.9. The lowest BCUT2D eigenvalue weighted by molar-refractivity contribution is -0.116. The van der Waals surface area contributed by atoms with Gasteiger partial charge in [-0.15, -0.1) is 0 Å². The fourth-order valence-electron chi connectivity index (χ4n) is 1.82. The lowest BCUT2D eigenvalue weighted by Crippen LogP contribution is -2.24.